The summed E-state index contributed by atoms with van der Waals surface area (Å²) in [4.78, 5) is 10.5. The summed E-state index contributed by atoms with van der Waals surface area (Å²) in [5.41, 5.74) is 0. The van der Waals surface area contributed by atoms with Gasteiger partial charge in [0.15, 0.2) is 0 Å². The van der Waals surface area contributed by atoms with Crippen molar-refractivity contribution < 1.29 is 9.90 Å². The molecule has 1 aromatic rings. The van der Waals surface area contributed by atoms with Gasteiger partial charge in [-0.15, -0.1) is 5.10 Å². The molecule has 1 unspecified atom stereocenters. The Balaban J connectivity index is 2.57. The van der Waals surface area contributed by atoms with Crippen LogP contribution < -0.4 is 0 Å². The number of aryl methyl sites for hydroxylation is 1. The molecule has 0 aliphatic carbocycles. The molecular formula is C7H12N4O2S. The zero-order valence-electron chi connectivity index (χ0n) is 8.04. The van der Waals surface area contributed by atoms with Gasteiger partial charge in [0.2, 0.25) is 5.16 Å². The molecule has 0 saturated heterocycles. The Morgan fingerprint density at radius 3 is 2.86 bits per heavy atom. The van der Waals surface area contributed by atoms with Crippen molar-refractivity contribution in [2.75, 3.05) is 0 Å². The lowest BCUT2D eigenvalue weighted by molar-refractivity contribution is -0.136. The number of nitrogens with zero attached hydrogens (tertiary/aromatic N) is 4. The Labute approximate surface area is 85.7 Å². The molecule has 1 aromatic heterocycles. The van der Waals surface area contributed by atoms with Crippen molar-refractivity contribution in [3.05, 3.63) is 0 Å². The Kier molecular flexibility index (Phi) is 3.87. The van der Waals surface area contributed by atoms with Crippen molar-refractivity contribution in [2.24, 2.45) is 7.05 Å². The number of hydrogen-bond acceptors (Lipinski definition) is 5. The van der Waals surface area contributed by atoms with Gasteiger partial charge in [-0.1, -0.05) is 18.7 Å². The lowest BCUT2D eigenvalue weighted by Crippen LogP contribution is -2.10. The molecule has 1 atom stereocenters. The quantitative estimate of drug-likeness (QED) is 0.724. The van der Waals surface area contributed by atoms with Crippen LogP contribution in [-0.2, 0) is 11.8 Å². The maximum Gasteiger partial charge on any atom is 0.304 e. The van der Waals surface area contributed by atoms with Gasteiger partial charge in [0.05, 0.1) is 6.42 Å². The van der Waals surface area contributed by atoms with Crippen LogP contribution in [-0.4, -0.2) is 36.5 Å². The highest BCUT2D eigenvalue weighted by molar-refractivity contribution is 7.99. The Morgan fingerprint density at radius 2 is 2.43 bits per heavy atom. The summed E-state index contributed by atoms with van der Waals surface area (Å²) < 4.78 is 1.54. The van der Waals surface area contributed by atoms with Gasteiger partial charge >= 0.3 is 5.97 Å². The van der Waals surface area contributed by atoms with Crippen LogP contribution in [0.15, 0.2) is 5.16 Å². The lowest BCUT2D eigenvalue weighted by Gasteiger charge is -2.09. The molecule has 0 spiro atoms. The van der Waals surface area contributed by atoms with Gasteiger partial charge in [0.25, 0.3) is 0 Å². The van der Waals surface area contributed by atoms with Crippen LogP contribution in [0, 0.1) is 0 Å². The van der Waals surface area contributed by atoms with E-state index in [0.717, 1.165) is 6.42 Å². The molecule has 0 saturated carbocycles. The number of carboxylic acid groups (broad SMARTS) is 1. The second-order valence-electron chi connectivity index (χ2n) is 2.83. The zero-order valence-corrected chi connectivity index (χ0v) is 8.86. The smallest absolute Gasteiger partial charge is 0.304 e. The van der Waals surface area contributed by atoms with E-state index in [-0.39, 0.29) is 11.7 Å². The summed E-state index contributed by atoms with van der Waals surface area (Å²) in [6, 6.07) is 0. The summed E-state index contributed by atoms with van der Waals surface area (Å²) in [7, 11) is 1.73. The van der Waals surface area contributed by atoms with E-state index in [2.05, 4.69) is 15.5 Å². The predicted molar refractivity (Wildman–Crippen MR) is 51.0 cm³/mol. The van der Waals surface area contributed by atoms with E-state index in [1.165, 1.54) is 16.4 Å². The minimum absolute atomic E-state index is 0.0252. The molecular weight excluding hydrogens is 204 g/mol. The minimum atomic E-state index is -0.792. The van der Waals surface area contributed by atoms with Crippen LogP contribution in [0.1, 0.15) is 19.8 Å². The fraction of sp³-hybridized carbons (Fsp3) is 0.714. The van der Waals surface area contributed by atoms with E-state index in [1.54, 1.807) is 7.05 Å². The minimum Gasteiger partial charge on any atom is -0.481 e. The van der Waals surface area contributed by atoms with E-state index in [4.69, 9.17) is 5.11 Å². The Bertz CT molecular complexity index is 314. The largest absolute Gasteiger partial charge is 0.481 e. The van der Waals surface area contributed by atoms with E-state index in [0.29, 0.717) is 5.16 Å². The molecule has 0 aromatic carbocycles. The molecule has 6 nitrogen and oxygen atoms in total. The van der Waals surface area contributed by atoms with E-state index >= 15 is 0 Å². The summed E-state index contributed by atoms with van der Waals surface area (Å²) in [6.07, 6.45) is 0.915. The van der Waals surface area contributed by atoms with Crippen LogP contribution in [0.4, 0.5) is 0 Å². The van der Waals surface area contributed by atoms with E-state index in [9.17, 15) is 4.79 Å². The monoisotopic (exact) mass is 216 g/mol. The first kappa shape index (κ1) is 11.0. The number of aliphatic carboxylic acids is 1. The number of rotatable bonds is 5. The Morgan fingerprint density at radius 1 is 1.71 bits per heavy atom. The SMILES string of the molecule is CCC(CC(=O)O)Sc1nnnn1C. The lowest BCUT2D eigenvalue weighted by atomic mass is 10.2. The highest BCUT2D eigenvalue weighted by Gasteiger charge is 2.15. The third-order valence-electron chi connectivity index (χ3n) is 1.71. The summed E-state index contributed by atoms with van der Waals surface area (Å²) in [6.45, 7) is 1.95. The Hall–Kier alpha value is -1.11. The average Bonchev–Trinajstić information content (AvgIpc) is 2.50. The van der Waals surface area contributed by atoms with Gasteiger partial charge in [-0.05, 0) is 16.8 Å². The highest BCUT2D eigenvalue weighted by atomic mass is 32.2. The first-order chi connectivity index (χ1) is 6.63. The first-order valence-corrected chi connectivity index (χ1v) is 5.12. The van der Waals surface area contributed by atoms with Crippen LogP contribution >= 0.6 is 11.8 Å². The zero-order chi connectivity index (χ0) is 10.6. The van der Waals surface area contributed by atoms with E-state index < -0.39 is 5.97 Å². The van der Waals surface area contributed by atoms with Crippen molar-refractivity contribution in [1.29, 1.82) is 0 Å². The standard InChI is InChI=1S/C7H12N4O2S/c1-3-5(4-6(12)13)14-7-8-9-10-11(7)2/h5H,3-4H2,1-2H3,(H,12,13). The number of carboxylic acids is 1. The summed E-state index contributed by atoms with van der Waals surface area (Å²) >= 11 is 1.40. The molecule has 7 heteroatoms. The predicted octanol–water partition coefficient (Wildman–Crippen LogP) is 0.555. The molecule has 0 fully saturated rings. The third kappa shape index (κ3) is 2.99. The van der Waals surface area contributed by atoms with Gasteiger partial charge in [0.1, 0.15) is 0 Å². The number of hydrogen-bond donors (Lipinski definition) is 1. The second-order valence-corrected chi connectivity index (χ2v) is 4.10. The number of carbonyl (C=O) groups is 1. The van der Waals surface area contributed by atoms with Gasteiger partial charge in [-0.25, -0.2) is 4.68 Å². The molecule has 1 N–H and O–H groups in total. The van der Waals surface area contributed by atoms with Crippen LogP contribution in [0.5, 0.6) is 0 Å². The maximum absolute atomic E-state index is 10.5. The molecule has 1 rings (SSSR count). The average molecular weight is 216 g/mol. The van der Waals surface area contributed by atoms with E-state index in [1.807, 2.05) is 6.92 Å². The van der Waals surface area contributed by atoms with Crippen molar-refractivity contribution in [3.63, 3.8) is 0 Å². The second kappa shape index (κ2) is 4.94. The fourth-order valence-corrected chi connectivity index (χ4v) is 1.90. The van der Waals surface area contributed by atoms with Gasteiger partial charge in [0, 0.05) is 12.3 Å². The molecule has 0 radical (unpaired) electrons. The van der Waals surface area contributed by atoms with Crippen molar-refractivity contribution in [2.45, 2.75) is 30.2 Å². The van der Waals surface area contributed by atoms with Crippen LogP contribution in [0.2, 0.25) is 0 Å². The third-order valence-corrected chi connectivity index (χ3v) is 3.10. The molecule has 14 heavy (non-hydrogen) atoms. The summed E-state index contributed by atoms with van der Waals surface area (Å²) in [5, 5.41) is 20.3. The number of tetrazole rings is 1. The number of aromatic nitrogens is 4. The normalized spacial score (nSPS) is 12.7. The van der Waals surface area contributed by atoms with Crippen LogP contribution in [0.3, 0.4) is 0 Å². The van der Waals surface area contributed by atoms with Gasteiger partial charge in [-0.3, -0.25) is 4.79 Å². The molecule has 0 aliphatic heterocycles. The fourth-order valence-electron chi connectivity index (χ4n) is 0.934. The van der Waals surface area contributed by atoms with Gasteiger partial charge in [-0.2, -0.15) is 0 Å². The van der Waals surface area contributed by atoms with Crippen molar-refractivity contribution in [3.8, 4) is 0 Å². The molecule has 0 bridgehead atoms. The van der Waals surface area contributed by atoms with Crippen molar-refractivity contribution >= 4 is 17.7 Å². The van der Waals surface area contributed by atoms with Gasteiger partial charge < -0.3 is 5.11 Å². The molecule has 0 amide bonds. The highest BCUT2D eigenvalue weighted by Crippen LogP contribution is 2.24. The number of thioether (sulfide) groups is 1. The van der Waals surface area contributed by atoms with Crippen molar-refractivity contribution in [1.82, 2.24) is 20.2 Å². The molecule has 1 heterocycles. The molecule has 0 aliphatic rings. The summed E-state index contributed by atoms with van der Waals surface area (Å²) in [5.74, 6) is -0.792. The first-order valence-electron chi connectivity index (χ1n) is 4.24. The van der Waals surface area contributed by atoms with Crippen LogP contribution in [0.25, 0.3) is 0 Å². The molecule has 78 valence electrons. The maximum atomic E-state index is 10.5. The topological polar surface area (TPSA) is 80.9 Å².